The van der Waals surface area contributed by atoms with Crippen LogP contribution in [0.3, 0.4) is 0 Å². The lowest BCUT2D eigenvalue weighted by molar-refractivity contribution is -0.148. The lowest BCUT2D eigenvalue weighted by atomic mass is 9.47. The number of ether oxygens (including phenoxy) is 1. The molecule has 0 bridgehead atoms. The van der Waals surface area contributed by atoms with Gasteiger partial charge in [-0.15, -0.1) is 0 Å². The maximum Gasteiger partial charge on any atom is 0.302 e. The first-order valence-corrected chi connectivity index (χ1v) is 12.2. The topological polar surface area (TPSA) is 26.3 Å². The van der Waals surface area contributed by atoms with Crippen molar-refractivity contribution in [2.45, 2.75) is 105 Å². The molecule has 0 saturated heterocycles. The summed E-state index contributed by atoms with van der Waals surface area (Å²) in [4.78, 5) is 11.4. The molecule has 0 aliphatic heterocycles. The Hall–Kier alpha value is -0.790. The summed E-state index contributed by atoms with van der Waals surface area (Å²) in [6.07, 6.45) is 15.7. The Morgan fingerprint density at radius 2 is 1.96 bits per heavy atom. The van der Waals surface area contributed by atoms with Gasteiger partial charge in [0.05, 0.1) is 0 Å². The van der Waals surface area contributed by atoms with Crippen LogP contribution >= 0.6 is 0 Å². The summed E-state index contributed by atoms with van der Waals surface area (Å²) in [5, 5.41) is 0. The maximum atomic E-state index is 11.4. The number of allylic oxidation sites excluding steroid dienone is 1. The van der Waals surface area contributed by atoms with Gasteiger partial charge in [0.2, 0.25) is 0 Å². The molecule has 28 heavy (non-hydrogen) atoms. The fourth-order valence-electron chi connectivity index (χ4n) is 8.59. The Balaban J connectivity index is 1.54. The smallest absolute Gasteiger partial charge is 0.302 e. The number of fused-ring (bicyclic) bond motifs is 5. The third-order valence-corrected chi connectivity index (χ3v) is 9.90. The van der Waals surface area contributed by atoms with Gasteiger partial charge in [0.25, 0.3) is 0 Å². The normalized spacial score (nSPS) is 46.0. The van der Waals surface area contributed by atoms with Gasteiger partial charge in [-0.05, 0) is 85.4 Å². The van der Waals surface area contributed by atoms with Gasteiger partial charge in [-0.1, -0.05) is 52.2 Å². The van der Waals surface area contributed by atoms with Gasteiger partial charge in [-0.2, -0.15) is 0 Å². The molecule has 3 saturated carbocycles. The van der Waals surface area contributed by atoms with E-state index >= 15 is 0 Å². The zero-order valence-corrected chi connectivity index (χ0v) is 18.9. The molecular formula is C26H42O2. The maximum absolute atomic E-state index is 11.4. The Bertz CT molecular complexity index is 636. The molecule has 4 aliphatic rings. The van der Waals surface area contributed by atoms with Gasteiger partial charge in [0.15, 0.2) is 0 Å². The summed E-state index contributed by atoms with van der Waals surface area (Å²) in [6, 6.07) is 0. The molecule has 3 fully saturated rings. The predicted molar refractivity (Wildman–Crippen MR) is 115 cm³/mol. The molecule has 0 N–H and O–H groups in total. The molecule has 2 heteroatoms. The van der Waals surface area contributed by atoms with Gasteiger partial charge >= 0.3 is 5.97 Å². The molecule has 0 aromatic rings. The summed E-state index contributed by atoms with van der Waals surface area (Å²) in [5.74, 6) is 4.38. The minimum Gasteiger partial charge on any atom is -0.462 e. The van der Waals surface area contributed by atoms with Gasteiger partial charge in [-0.3, -0.25) is 4.79 Å². The Morgan fingerprint density at radius 1 is 1.18 bits per heavy atom. The van der Waals surface area contributed by atoms with Crippen molar-refractivity contribution in [3.63, 3.8) is 0 Å². The lowest BCUT2D eigenvalue weighted by Gasteiger charge is -2.58. The van der Waals surface area contributed by atoms with Crippen LogP contribution in [0, 0.1) is 40.4 Å². The van der Waals surface area contributed by atoms with Crippen LogP contribution < -0.4 is 0 Å². The number of hydrogen-bond acceptors (Lipinski definition) is 2. The van der Waals surface area contributed by atoms with Crippen LogP contribution in [-0.4, -0.2) is 12.1 Å². The summed E-state index contributed by atoms with van der Waals surface area (Å²) in [6.45, 7) is 11.6. The average molecular weight is 387 g/mol. The minimum absolute atomic E-state index is 0.116. The van der Waals surface area contributed by atoms with Crippen molar-refractivity contribution in [2.24, 2.45) is 40.4 Å². The van der Waals surface area contributed by atoms with E-state index in [1.165, 1.54) is 51.4 Å². The highest BCUT2D eigenvalue weighted by molar-refractivity contribution is 5.66. The summed E-state index contributed by atoms with van der Waals surface area (Å²) in [5.41, 5.74) is 2.55. The van der Waals surface area contributed by atoms with Crippen LogP contribution in [0.15, 0.2) is 11.6 Å². The molecule has 0 amide bonds. The molecule has 0 unspecified atom stereocenters. The van der Waals surface area contributed by atoms with Crippen LogP contribution in [-0.2, 0) is 9.53 Å². The van der Waals surface area contributed by atoms with Crippen molar-refractivity contribution in [3.8, 4) is 0 Å². The van der Waals surface area contributed by atoms with Crippen molar-refractivity contribution in [1.82, 2.24) is 0 Å². The SMILES string of the molecule is CCC[C@@H](C)[C@H]1CC[C@H]2[C@@H]3CC=C4C[C@@H](OC(C)=O)CC[C@]4(C)[C@H]3CC[C@]12C. The zero-order chi connectivity index (χ0) is 20.1. The molecule has 8 atom stereocenters. The van der Waals surface area contributed by atoms with Gasteiger partial charge in [0, 0.05) is 13.3 Å². The van der Waals surface area contributed by atoms with Crippen molar-refractivity contribution in [2.75, 3.05) is 0 Å². The third kappa shape index (κ3) is 3.18. The summed E-state index contributed by atoms with van der Waals surface area (Å²) >= 11 is 0. The van der Waals surface area contributed by atoms with E-state index < -0.39 is 0 Å². The van der Waals surface area contributed by atoms with Crippen molar-refractivity contribution >= 4 is 5.97 Å². The number of esters is 1. The number of carbonyl (C=O) groups excluding carboxylic acids is 1. The van der Waals surface area contributed by atoms with E-state index in [4.69, 9.17) is 4.74 Å². The molecule has 0 heterocycles. The second-order valence-corrected chi connectivity index (χ2v) is 11.2. The Morgan fingerprint density at radius 3 is 2.68 bits per heavy atom. The van der Waals surface area contributed by atoms with Crippen LogP contribution in [0.5, 0.6) is 0 Å². The third-order valence-electron chi connectivity index (χ3n) is 9.90. The molecule has 2 nitrogen and oxygen atoms in total. The molecular weight excluding hydrogens is 344 g/mol. The number of hydrogen-bond donors (Lipinski definition) is 0. The molecule has 4 aliphatic carbocycles. The van der Waals surface area contributed by atoms with Crippen LogP contribution in [0.1, 0.15) is 98.8 Å². The Labute approximate surface area is 172 Å². The van der Waals surface area contributed by atoms with Crippen LogP contribution in [0.2, 0.25) is 0 Å². The number of rotatable bonds is 4. The van der Waals surface area contributed by atoms with Crippen LogP contribution in [0.25, 0.3) is 0 Å². The highest BCUT2D eigenvalue weighted by Crippen LogP contribution is 2.67. The highest BCUT2D eigenvalue weighted by Gasteiger charge is 2.59. The number of carbonyl (C=O) groups is 1. The largest absolute Gasteiger partial charge is 0.462 e. The zero-order valence-electron chi connectivity index (χ0n) is 18.9. The van der Waals surface area contributed by atoms with E-state index in [-0.39, 0.29) is 12.1 Å². The standard InChI is InChI=1S/C26H42O2/c1-6-7-17(2)22-10-11-23-21-9-8-19-16-20(28-18(3)27)12-14-25(19,4)24(21)13-15-26(22,23)5/h8,17,20-24H,6-7,9-16H2,1-5H3/t17-,20+,21+,22-,23+,24+,25+,26-/m1/s1. The monoisotopic (exact) mass is 386 g/mol. The lowest BCUT2D eigenvalue weighted by Crippen LogP contribution is -2.51. The Kier molecular flexibility index (Phi) is 5.47. The predicted octanol–water partition coefficient (Wildman–Crippen LogP) is 6.93. The molecule has 0 aromatic carbocycles. The first kappa shape index (κ1) is 20.5. The summed E-state index contributed by atoms with van der Waals surface area (Å²) in [7, 11) is 0. The molecule has 0 spiro atoms. The molecule has 0 radical (unpaired) electrons. The van der Waals surface area contributed by atoms with Crippen molar-refractivity contribution < 1.29 is 9.53 Å². The van der Waals surface area contributed by atoms with E-state index in [1.807, 2.05) is 0 Å². The molecule has 0 aromatic heterocycles. The summed E-state index contributed by atoms with van der Waals surface area (Å²) < 4.78 is 5.59. The van der Waals surface area contributed by atoms with E-state index in [1.54, 1.807) is 12.5 Å². The highest BCUT2D eigenvalue weighted by atomic mass is 16.5. The van der Waals surface area contributed by atoms with E-state index in [9.17, 15) is 4.79 Å². The first-order chi connectivity index (χ1) is 13.3. The van der Waals surface area contributed by atoms with Crippen LogP contribution in [0.4, 0.5) is 0 Å². The molecule has 4 rings (SSSR count). The van der Waals surface area contributed by atoms with E-state index in [0.29, 0.717) is 10.8 Å². The quantitative estimate of drug-likeness (QED) is 0.386. The van der Waals surface area contributed by atoms with E-state index in [2.05, 4.69) is 33.8 Å². The van der Waals surface area contributed by atoms with Gasteiger partial charge in [0.1, 0.15) is 6.10 Å². The fraction of sp³-hybridized carbons (Fsp3) is 0.885. The van der Waals surface area contributed by atoms with E-state index in [0.717, 1.165) is 42.4 Å². The van der Waals surface area contributed by atoms with Crippen molar-refractivity contribution in [3.05, 3.63) is 11.6 Å². The minimum atomic E-state index is -0.116. The van der Waals surface area contributed by atoms with Gasteiger partial charge < -0.3 is 4.74 Å². The molecule has 158 valence electrons. The average Bonchev–Trinajstić information content (AvgIpc) is 2.99. The fourth-order valence-corrected chi connectivity index (χ4v) is 8.59. The second-order valence-electron chi connectivity index (χ2n) is 11.2. The second kappa shape index (κ2) is 7.47. The van der Waals surface area contributed by atoms with Crippen molar-refractivity contribution in [1.29, 1.82) is 0 Å². The first-order valence-electron chi connectivity index (χ1n) is 12.2. The van der Waals surface area contributed by atoms with Gasteiger partial charge in [-0.25, -0.2) is 0 Å².